The van der Waals surface area contributed by atoms with E-state index in [0.717, 1.165) is 48.4 Å². The van der Waals surface area contributed by atoms with Gasteiger partial charge in [-0.05, 0) is 30.3 Å². The SMILES string of the molecule is CN(c1ccccc1)c1nncc(N2CCN(c3cccc(Cl)c3)CC2)n1. The Labute approximate surface area is 164 Å². The standard InChI is InChI=1S/C20H21ClN6/c1-25(17-7-3-2-4-8-17)20-23-19(15-22-24-20)27-12-10-26(11-13-27)18-9-5-6-16(21)14-18/h2-9,14-15H,10-13H2,1H3. The molecule has 1 aliphatic rings. The fraction of sp³-hybridized carbons (Fsp3) is 0.250. The Morgan fingerprint density at radius 3 is 2.41 bits per heavy atom. The van der Waals surface area contributed by atoms with E-state index < -0.39 is 0 Å². The lowest BCUT2D eigenvalue weighted by atomic mass is 10.2. The van der Waals surface area contributed by atoms with Crippen LogP contribution in [0, 0.1) is 0 Å². The maximum absolute atomic E-state index is 6.12. The topological polar surface area (TPSA) is 48.4 Å². The highest BCUT2D eigenvalue weighted by molar-refractivity contribution is 6.30. The number of piperazine rings is 1. The van der Waals surface area contributed by atoms with Crippen LogP contribution < -0.4 is 14.7 Å². The summed E-state index contributed by atoms with van der Waals surface area (Å²) in [6, 6.07) is 18.0. The molecule has 0 bridgehead atoms. The highest BCUT2D eigenvalue weighted by atomic mass is 35.5. The third-order valence-corrected chi connectivity index (χ3v) is 4.99. The molecule has 0 N–H and O–H groups in total. The van der Waals surface area contributed by atoms with Gasteiger partial charge in [0.1, 0.15) is 0 Å². The lowest BCUT2D eigenvalue weighted by Crippen LogP contribution is -2.47. The molecule has 27 heavy (non-hydrogen) atoms. The zero-order chi connectivity index (χ0) is 18.6. The normalized spacial score (nSPS) is 14.3. The minimum Gasteiger partial charge on any atom is -0.368 e. The van der Waals surface area contributed by atoms with Gasteiger partial charge in [0.05, 0.1) is 6.20 Å². The van der Waals surface area contributed by atoms with Gasteiger partial charge < -0.3 is 14.7 Å². The quantitative estimate of drug-likeness (QED) is 0.689. The van der Waals surface area contributed by atoms with Crippen molar-refractivity contribution >= 4 is 34.7 Å². The van der Waals surface area contributed by atoms with Crippen LogP contribution in [-0.4, -0.2) is 48.4 Å². The molecule has 1 aromatic heterocycles. The van der Waals surface area contributed by atoms with E-state index in [0.29, 0.717) is 5.95 Å². The molecule has 0 aliphatic carbocycles. The maximum atomic E-state index is 6.12. The van der Waals surface area contributed by atoms with Crippen molar-refractivity contribution in [2.75, 3.05) is 47.9 Å². The van der Waals surface area contributed by atoms with E-state index >= 15 is 0 Å². The number of aromatic nitrogens is 3. The third kappa shape index (κ3) is 3.95. The summed E-state index contributed by atoms with van der Waals surface area (Å²) in [7, 11) is 1.95. The molecular weight excluding hydrogens is 360 g/mol. The van der Waals surface area contributed by atoms with Crippen molar-refractivity contribution in [1.82, 2.24) is 15.2 Å². The number of hydrogen-bond acceptors (Lipinski definition) is 6. The fourth-order valence-electron chi connectivity index (χ4n) is 3.21. The van der Waals surface area contributed by atoms with Crippen LogP contribution in [0.1, 0.15) is 0 Å². The van der Waals surface area contributed by atoms with E-state index in [-0.39, 0.29) is 0 Å². The average Bonchev–Trinajstić information content (AvgIpc) is 2.74. The van der Waals surface area contributed by atoms with E-state index in [1.165, 1.54) is 0 Å². The molecule has 0 unspecified atom stereocenters. The maximum Gasteiger partial charge on any atom is 0.251 e. The largest absolute Gasteiger partial charge is 0.368 e. The molecule has 0 amide bonds. The summed E-state index contributed by atoms with van der Waals surface area (Å²) in [6.07, 6.45) is 1.73. The minimum atomic E-state index is 0.593. The van der Waals surface area contributed by atoms with E-state index in [1.807, 2.05) is 60.5 Å². The number of nitrogens with zero attached hydrogens (tertiary/aromatic N) is 6. The van der Waals surface area contributed by atoms with Crippen molar-refractivity contribution in [3.8, 4) is 0 Å². The predicted octanol–water partition coefficient (Wildman–Crippen LogP) is 3.62. The van der Waals surface area contributed by atoms with Gasteiger partial charge in [-0.3, -0.25) is 0 Å². The predicted molar refractivity (Wildman–Crippen MR) is 110 cm³/mol. The van der Waals surface area contributed by atoms with E-state index in [1.54, 1.807) is 6.20 Å². The van der Waals surface area contributed by atoms with Gasteiger partial charge in [0.2, 0.25) is 0 Å². The van der Waals surface area contributed by atoms with Crippen LogP contribution in [0.2, 0.25) is 5.02 Å². The molecule has 0 saturated carbocycles. The third-order valence-electron chi connectivity index (χ3n) is 4.76. The zero-order valence-corrected chi connectivity index (χ0v) is 15.9. The molecule has 0 radical (unpaired) electrons. The van der Waals surface area contributed by atoms with Crippen molar-refractivity contribution in [3.63, 3.8) is 0 Å². The van der Waals surface area contributed by atoms with Crippen molar-refractivity contribution in [2.45, 2.75) is 0 Å². The molecule has 2 heterocycles. The fourth-order valence-corrected chi connectivity index (χ4v) is 3.40. The second kappa shape index (κ2) is 7.80. The van der Waals surface area contributed by atoms with Gasteiger partial charge in [-0.25, -0.2) is 0 Å². The summed E-state index contributed by atoms with van der Waals surface area (Å²) in [5.74, 6) is 1.45. The van der Waals surface area contributed by atoms with Gasteiger partial charge in [0.15, 0.2) is 5.82 Å². The van der Waals surface area contributed by atoms with Crippen molar-refractivity contribution in [3.05, 3.63) is 65.8 Å². The van der Waals surface area contributed by atoms with Crippen LogP contribution in [-0.2, 0) is 0 Å². The zero-order valence-electron chi connectivity index (χ0n) is 15.2. The number of para-hydroxylation sites is 1. The van der Waals surface area contributed by atoms with Crippen molar-refractivity contribution < 1.29 is 0 Å². The van der Waals surface area contributed by atoms with Crippen molar-refractivity contribution in [1.29, 1.82) is 0 Å². The van der Waals surface area contributed by atoms with Gasteiger partial charge >= 0.3 is 0 Å². The highest BCUT2D eigenvalue weighted by Crippen LogP contribution is 2.24. The summed E-state index contributed by atoms with van der Waals surface area (Å²) >= 11 is 6.12. The van der Waals surface area contributed by atoms with Crippen LogP contribution >= 0.6 is 11.6 Å². The van der Waals surface area contributed by atoms with E-state index in [9.17, 15) is 0 Å². The van der Waals surface area contributed by atoms with Crippen molar-refractivity contribution in [2.24, 2.45) is 0 Å². The molecular formula is C20H21ClN6. The molecule has 3 aromatic rings. The van der Waals surface area contributed by atoms with E-state index in [2.05, 4.69) is 26.1 Å². The molecule has 2 aromatic carbocycles. The molecule has 1 aliphatic heterocycles. The minimum absolute atomic E-state index is 0.593. The first-order valence-electron chi connectivity index (χ1n) is 8.95. The number of hydrogen-bond donors (Lipinski definition) is 0. The summed E-state index contributed by atoms with van der Waals surface area (Å²) in [4.78, 5) is 11.3. The van der Waals surface area contributed by atoms with Gasteiger partial charge in [-0.1, -0.05) is 35.9 Å². The molecule has 6 nitrogen and oxygen atoms in total. The Morgan fingerprint density at radius 1 is 0.926 bits per heavy atom. The van der Waals surface area contributed by atoms with Gasteiger partial charge in [-0.15, -0.1) is 5.10 Å². The molecule has 1 fully saturated rings. The van der Waals surface area contributed by atoms with Crippen LogP contribution in [0.15, 0.2) is 60.8 Å². The molecule has 138 valence electrons. The lowest BCUT2D eigenvalue weighted by Gasteiger charge is -2.36. The summed E-state index contributed by atoms with van der Waals surface area (Å²) < 4.78 is 0. The molecule has 4 rings (SSSR count). The second-order valence-corrected chi connectivity index (χ2v) is 6.90. The Bertz CT molecular complexity index is 896. The monoisotopic (exact) mass is 380 g/mol. The molecule has 7 heteroatoms. The number of anilines is 4. The first-order chi connectivity index (χ1) is 13.2. The molecule has 0 atom stereocenters. The van der Waals surface area contributed by atoms with E-state index in [4.69, 9.17) is 16.6 Å². The summed E-state index contributed by atoms with van der Waals surface area (Å²) in [6.45, 7) is 3.57. The van der Waals surface area contributed by atoms with Crippen LogP contribution in [0.4, 0.5) is 23.1 Å². The lowest BCUT2D eigenvalue weighted by molar-refractivity contribution is 0.644. The first-order valence-corrected chi connectivity index (χ1v) is 9.32. The Balaban J connectivity index is 1.46. The summed E-state index contributed by atoms with van der Waals surface area (Å²) in [5, 5.41) is 9.13. The highest BCUT2D eigenvalue weighted by Gasteiger charge is 2.20. The molecule has 1 saturated heterocycles. The molecule has 0 spiro atoms. The van der Waals surface area contributed by atoms with Crippen LogP contribution in [0.25, 0.3) is 0 Å². The number of rotatable bonds is 4. The van der Waals surface area contributed by atoms with Gasteiger partial charge in [0, 0.05) is 49.6 Å². The number of halogens is 1. The van der Waals surface area contributed by atoms with Gasteiger partial charge in [-0.2, -0.15) is 10.1 Å². The Kier molecular flexibility index (Phi) is 5.07. The summed E-state index contributed by atoms with van der Waals surface area (Å²) in [5.41, 5.74) is 2.19. The second-order valence-electron chi connectivity index (χ2n) is 6.46. The first kappa shape index (κ1) is 17.5. The van der Waals surface area contributed by atoms with Crippen LogP contribution in [0.3, 0.4) is 0 Å². The smallest absolute Gasteiger partial charge is 0.251 e. The Hall–Kier alpha value is -2.86. The Morgan fingerprint density at radius 2 is 1.67 bits per heavy atom. The average molecular weight is 381 g/mol. The van der Waals surface area contributed by atoms with Gasteiger partial charge in [0.25, 0.3) is 5.95 Å². The number of benzene rings is 2. The van der Waals surface area contributed by atoms with Crippen LogP contribution in [0.5, 0.6) is 0 Å².